The van der Waals surface area contributed by atoms with Gasteiger partial charge < -0.3 is 5.32 Å². The molecule has 2 heteroatoms. The Bertz CT molecular complexity index is 412. The summed E-state index contributed by atoms with van der Waals surface area (Å²) in [5, 5.41) is 3.36. The van der Waals surface area contributed by atoms with Crippen LogP contribution in [-0.2, 0) is 0 Å². The molecule has 0 saturated heterocycles. The Morgan fingerprint density at radius 2 is 1.43 bits per heavy atom. The van der Waals surface area contributed by atoms with Crippen LogP contribution in [-0.4, -0.2) is 0 Å². The van der Waals surface area contributed by atoms with E-state index in [0.717, 1.165) is 11.4 Å². The Kier molecular flexibility index (Phi) is 3.03. The van der Waals surface area contributed by atoms with Gasteiger partial charge in [-0.25, -0.2) is 0 Å². The first kappa shape index (κ1) is 9.52. The molecule has 0 bridgehead atoms. The molecule has 2 aromatic carbocycles. The summed E-state index contributed by atoms with van der Waals surface area (Å²) < 4.78 is 1.23. The maximum Gasteiger partial charge on any atom is 0.0519 e. The lowest BCUT2D eigenvalue weighted by molar-refractivity contribution is 1.52. The van der Waals surface area contributed by atoms with Gasteiger partial charge in [0.15, 0.2) is 0 Å². The van der Waals surface area contributed by atoms with Crippen LogP contribution in [0.4, 0.5) is 11.4 Å². The van der Waals surface area contributed by atoms with Gasteiger partial charge in [0.05, 0.1) is 5.69 Å². The van der Waals surface area contributed by atoms with E-state index in [9.17, 15) is 0 Å². The van der Waals surface area contributed by atoms with E-state index in [-0.39, 0.29) is 0 Å². The minimum atomic E-state index is 1.12. The second kappa shape index (κ2) is 4.46. The molecular formula is C12H10IN. The molecule has 1 N–H and O–H groups in total. The van der Waals surface area contributed by atoms with Crippen molar-refractivity contribution in [1.29, 1.82) is 0 Å². The summed E-state index contributed by atoms with van der Waals surface area (Å²) in [6.07, 6.45) is 0. The van der Waals surface area contributed by atoms with Crippen molar-refractivity contribution in [3.05, 3.63) is 58.2 Å². The normalized spacial score (nSPS) is 9.79. The molecule has 14 heavy (non-hydrogen) atoms. The van der Waals surface area contributed by atoms with Gasteiger partial charge in [0, 0.05) is 9.26 Å². The third kappa shape index (κ3) is 2.26. The number of benzene rings is 2. The van der Waals surface area contributed by atoms with Crippen LogP contribution in [0.2, 0.25) is 0 Å². The molecule has 0 heterocycles. The van der Waals surface area contributed by atoms with Crippen LogP contribution in [0.3, 0.4) is 0 Å². The number of hydrogen-bond donors (Lipinski definition) is 1. The third-order valence-corrected chi connectivity index (χ3v) is 2.87. The lowest BCUT2D eigenvalue weighted by Crippen LogP contribution is -1.91. The van der Waals surface area contributed by atoms with Crippen molar-refractivity contribution in [2.24, 2.45) is 0 Å². The number of halogens is 1. The summed E-state index contributed by atoms with van der Waals surface area (Å²) in [5.74, 6) is 0. The molecule has 2 aromatic rings. The van der Waals surface area contributed by atoms with Crippen molar-refractivity contribution in [3.63, 3.8) is 0 Å². The van der Waals surface area contributed by atoms with Gasteiger partial charge in [0.2, 0.25) is 0 Å². The first-order valence-electron chi connectivity index (χ1n) is 4.43. The molecule has 1 nitrogen and oxygen atoms in total. The summed E-state index contributed by atoms with van der Waals surface area (Å²) in [5.41, 5.74) is 2.27. The van der Waals surface area contributed by atoms with E-state index in [1.807, 2.05) is 30.3 Å². The molecule has 0 fully saturated rings. The molecule has 0 unspecified atom stereocenters. The topological polar surface area (TPSA) is 12.0 Å². The molecule has 0 radical (unpaired) electrons. The van der Waals surface area contributed by atoms with Gasteiger partial charge in [0.25, 0.3) is 0 Å². The average molecular weight is 295 g/mol. The second-order valence-corrected chi connectivity index (χ2v) is 4.13. The highest BCUT2D eigenvalue weighted by atomic mass is 127. The molecule has 0 aromatic heterocycles. The smallest absolute Gasteiger partial charge is 0.0519 e. The fourth-order valence-electron chi connectivity index (χ4n) is 1.24. The highest BCUT2D eigenvalue weighted by molar-refractivity contribution is 14.1. The zero-order valence-electron chi connectivity index (χ0n) is 7.57. The van der Waals surface area contributed by atoms with Crippen LogP contribution in [0.25, 0.3) is 0 Å². The molecule has 0 aliphatic carbocycles. The van der Waals surface area contributed by atoms with E-state index in [0.29, 0.717) is 0 Å². The minimum Gasteiger partial charge on any atom is -0.355 e. The van der Waals surface area contributed by atoms with Gasteiger partial charge in [-0.3, -0.25) is 0 Å². The largest absolute Gasteiger partial charge is 0.355 e. The quantitative estimate of drug-likeness (QED) is 0.825. The van der Waals surface area contributed by atoms with Crippen LogP contribution in [0.1, 0.15) is 0 Å². The van der Waals surface area contributed by atoms with Crippen LogP contribution < -0.4 is 5.32 Å². The lowest BCUT2D eigenvalue weighted by atomic mass is 10.3. The van der Waals surface area contributed by atoms with Crippen LogP contribution in [0.5, 0.6) is 0 Å². The summed E-state index contributed by atoms with van der Waals surface area (Å²) in [4.78, 5) is 0. The molecule has 0 atom stereocenters. The zero-order chi connectivity index (χ0) is 9.80. The first-order valence-corrected chi connectivity index (χ1v) is 5.51. The second-order valence-electron chi connectivity index (χ2n) is 2.97. The third-order valence-electron chi connectivity index (χ3n) is 1.93. The van der Waals surface area contributed by atoms with Gasteiger partial charge in [-0.15, -0.1) is 0 Å². The molecule has 2 rings (SSSR count). The number of anilines is 2. The van der Waals surface area contributed by atoms with Crippen LogP contribution >= 0.6 is 22.6 Å². The lowest BCUT2D eigenvalue weighted by Gasteiger charge is -2.07. The van der Waals surface area contributed by atoms with Crippen molar-refractivity contribution in [3.8, 4) is 0 Å². The maximum atomic E-state index is 3.36. The fourth-order valence-corrected chi connectivity index (χ4v) is 1.76. The molecule has 0 aliphatic rings. The Morgan fingerprint density at radius 3 is 2.14 bits per heavy atom. The number of nitrogens with one attached hydrogen (secondary N) is 1. The monoisotopic (exact) mass is 295 g/mol. The summed E-state index contributed by atoms with van der Waals surface area (Å²) in [6, 6.07) is 18.4. The van der Waals surface area contributed by atoms with Gasteiger partial charge in [-0.1, -0.05) is 30.3 Å². The Balaban J connectivity index is 2.24. The van der Waals surface area contributed by atoms with Crippen molar-refractivity contribution in [1.82, 2.24) is 0 Å². The van der Waals surface area contributed by atoms with E-state index in [1.165, 1.54) is 3.57 Å². The van der Waals surface area contributed by atoms with E-state index in [1.54, 1.807) is 0 Å². The van der Waals surface area contributed by atoms with Crippen LogP contribution in [0, 0.1) is 3.57 Å². The first-order chi connectivity index (χ1) is 6.86. The van der Waals surface area contributed by atoms with Crippen molar-refractivity contribution in [2.45, 2.75) is 0 Å². The number of rotatable bonds is 2. The van der Waals surface area contributed by atoms with E-state index in [2.05, 4.69) is 52.2 Å². The Labute approximate surface area is 97.3 Å². The molecule has 0 aliphatic heterocycles. The average Bonchev–Trinajstić information content (AvgIpc) is 2.23. The van der Waals surface area contributed by atoms with Crippen LogP contribution in [0.15, 0.2) is 54.6 Å². The summed E-state index contributed by atoms with van der Waals surface area (Å²) in [7, 11) is 0. The zero-order valence-corrected chi connectivity index (χ0v) is 9.73. The SMILES string of the molecule is Ic1ccccc1Nc1ccccc1. The molecule has 0 spiro atoms. The van der Waals surface area contributed by atoms with Gasteiger partial charge >= 0.3 is 0 Å². The maximum absolute atomic E-state index is 3.36. The van der Waals surface area contributed by atoms with E-state index < -0.39 is 0 Å². The van der Waals surface area contributed by atoms with Crippen molar-refractivity contribution >= 4 is 34.0 Å². The Hall–Kier alpha value is -1.03. The number of para-hydroxylation sites is 2. The van der Waals surface area contributed by atoms with Gasteiger partial charge in [-0.2, -0.15) is 0 Å². The van der Waals surface area contributed by atoms with Crippen molar-refractivity contribution < 1.29 is 0 Å². The van der Waals surface area contributed by atoms with E-state index >= 15 is 0 Å². The predicted molar refractivity (Wildman–Crippen MR) is 68.9 cm³/mol. The number of hydrogen-bond acceptors (Lipinski definition) is 1. The van der Waals surface area contributed by atoms with Crippen molar-refractivity contribution in [2.75, 3.05) is 5.32 Å². The molecule has 70 valence electrons. The van der Waals surface area contributed by atoms with E-state index in [4.69, 9.17) is 0 Å². The fraction of sp³-hybridized carbons (Fsp3) is 0. The standard InChI is InChI=1S/C12H10IN/c13-11-8-4-5-9-12(11)14-10-6-2-1-3-7-10/h1-9,14H. The molecule has 0 amide bonds. The molecular weight excluding hydrogens is 285 g/mol. The van der Waals surface area contributed by atoms with Gasteiger partial charge in [0.1, 0.15) is 0 Å². The summed E-state index contributed by atoms with van der Waals surface area (Å²) in [6.45, 7) is 0. The Morgan fingerprint density at radius 1 is 0.786 bits per heavy atom. The molecule has 0 saturated carbocycles. The van der Waals surface area contributed by atoms with Gasteiger partial charge in [-0.05, 0) is 46.9 Å². The highest BCUT2D eigenvalue weighted by Gasteiger charge is 1.96. The minimum absolute atomic E-state index is 1.12. The predicted octanol–water partition coefficient (Wildman–Crippen LogP) is 4.03. The highest BCUT2D eigenvalue weighted by Crippen LogP contribution is 2.21. The summed E-state index contributed by atoms with van der Waals surface area (Å²) >= 11 is 2.32.